The fourth-order valence-electron chi connectivity index (χ4n) is 14.2. The summed E-state index contributed by atoms with van der Waals surface area (Å²) < 4.78 is 4.60. The number of hydrogen-bond donors (Lipinski definition) is 0. The lowest BCUT2D eigenvalue weighted by Crippen LogP contribution is -2.02. The zero-order valence-electron chi connectivity index (χ0n) is 52.2. The Kier molecular flexibility index (Phi) is 13.8. The molecule has 0 saturated carbocycles. The number of benzene rings is 15. The SMILES string of the molecule is c1ccc(-c2cc(-n3c4ccccc4c4c5ccc(-c6cccc7ccccc67)cc5ccc43)nc(-c3ccccc3)n2)cc1.c1ccc(-c2ccc3cc(-c4ccc5ccc6c(c5c4)c4ccccc4n6-c4cc(-c5ccccc5)nc(-c5ccccc5)n4)ccc3c2)cc1. The van der Waals surface area contributed by atoms with Gasteiger partial charge in [-0.2, -0.15) is 0 Å². The van der Waals surface area contributed by atoms with Crippen molar-refractivity contribution in [2.24, 2.45) is 0 Å². The summed E-state index contributed by atoms with van der Waals surface area (Å²) in [6.45, 7) is 0. The second-order valence-corrected chi connectivity index (χ2v) is 24.5. The number of nitrogens with zero attached hydrogens (tertiary/aromatic N) is 6. The molecule has 0 atom stereocenters. The van der Waals surface area contributed by atoms with Crippen LogP contribution in [0.4, 0.5) is 0 Å². The summed E-state index contributed by atoms with van der Waals surface area (Å²) in [6, 6.07) is 125. The molecule has 0 saturated heterocycles. The van der Waals surface area contributed by atoms with E-state index in [2.05, 4.69) is 312 Å². The highest BCUT2D eigenvalue weighted by molar-refractivity contribution is 6.23. The summed E-state index contributed by atoms with van der Waals surface area (Å²) in [5, 5.41) is 14.7. The highest BCUT2D eigenvalue weighted by Gasteiger charge is 2.21. The molecule has 19 rings (SSSR count). The minimum absolute atomic E-state index is 0.702. The van der Waals surface area contributed by atoms with Crippen LogP contribution < -0.4 is 0 Å². The lowest BCUT2D eigenvalue weighted by Gasteiger charge is -2.12. The van der Waals surface area contributed by atoms with Gasteiger partial charge in [0.05, 0.1) is 33.5 Å². The van der Waals surface area contributed by atoms with E-state index in [0.717, 1.165) is 67.3 Å². The van der Waals surface area contributed by atoms with Crippen molar-refractivity contribution in [3.05, 3.63) is 352 Å². The number of para-hydroxylation sites is 2. The molecule has 4 heterocycles. The maximum atomic E-state index is 5.22. The van der Waals surface area contributed by atoms with Crippen molar-refractivity contribution < 1.29 is 0 Å². The zero-order valence-corrected chi connectivity index (χ0v) is 52.2. The van der Waals surface area contributed by atoms with Crippen LogP contribution in [0.15, 0.2) is 352 Å². The normalized spacial score (nSPS) is 11.5. The molecule has 0 unspecified atom stereocenters. The second kappa shape index (κ2) is 23.7. The molecule has 6 heteroatoms. The molecule has 0 spiro atoms. The standard InChI is InChI=1S/C48H31N3.C42H27N3/c1-4-12-32(13-5-1)36-22-23-38-29-39(25-24-37(38)28-36)40-21-20-33-26-27-45-47(42(33)30-40)41-18-10-11-19-44(41)51(45)46-31-43(34-14-6-2-7-15-34)49-48(50-46)35-16-8-3-9-17-35;1-3-13-29(14-4-1)37-27-40(44-42(43-37)30-15-5-2-6-16-30)45-38-21-10-9-19-36(38)41-35-24-22-31(26-32(35)23-25-39(41)45)34-20-11-17-28-12-7-8-18-33(28)34/h1-31H;1-27H. The average molecular weight is 1220 g/mol. The van der Waals surface area contributed by atoms with Gasteiger partial charge in [0.15, 0.2) is 11.6 Å². The third kappa shape index (κ3) is 10.0. The molecule has 96 heavy (non-hydrogen) atoms. The van der Waals surface area contributed by atoms with Crippen LogP contribution in [0.2, 0.25) is 0 Å². The molecule has 6 nitrogen and oxygen atoms in total. The van der Waals surface area contributed by atoms with Gasteiger partial charge in [0.1, 0.15) is 11.6 Å². The monoisotopic (exact) mass is 1220 g/mol. The van der Waals surface area contributed by atoms with E-state index >= 15 is 0 Å². The highest BCUT2D eigenvalue weighted by atomic mass is 15.1. The summed E-state index contributed by atoms with van der Waals surface area (Å²) in [6.07, 6.45) is 0. The number of fused-ring (bicyclic) bond motifs is 12. The van der Waals surface area contributed by atoms with Crippen LogP contribution in [0.1, 0.15) is 0 Å². The van der Waals surface area contributed by atoms with E-state index in [1.807, 2.05) is 48.5 Å². The predicted molar refractivity (Wildman–Crippen MR) is 401 cm³/mol. The van der Waals surface area contributed by atoms with Crippen molar-refractivity contribution in [1.29, 1.82) is 0 Å². The molecule has 0 radical (unpaired) electrons. The van der Waals surface area contributed by atoms with E-state index in [-0.39, 0.29) is 0 Å². The Morgan fingerprint density at radius 1 is 0.188 bits per heavy atom. The first-order chi connectivity index (χ1) is 47.6. The molecule has 0 N–H and O–H groups in total. The molecule has 15 aromatic carbocycles. The van der Waals surface area contributed by atoms with Crippen LogP contribution in [0.5, 0.6) is 0 Å². The van der Waals surface area contributed by atoms with Gasteiger partial charge in [0.25, 0.3) is 0 Å². The van der Waals surface area contributed by atoms with Crippen molar-refractivity contribution in [2.45, 2.75) is 0 Å². The maximum Gasteiger partial charge on any atom is 0.162 e. The molecule has 448 valence electrons. The van der Waals surface area contributed by atoms with Gasteiger partial charge in [-0.1, -0.05) is 291 Å². The Balaban J connectivity index is 0.000000141. The molecule has 0 aliphatic carbocycles. The predicted octanol–water partition coefficient (Wildman–Crippen LogP) is 23.4. The Morgan fingerprint density at radius 2 is 0.573 bits per heavy atom. The van der Waals surface area contributed by atoms with E-state index in [1.165, 1.54) is 98.0 Å². The van der Waals surface area contributed by atoms with E-state index in [1.54, 1.807) is 0 Å². The Bertz CT molecular complexity index is 6060. The van der Waals surface area contributed by atoms with Crippen molar-refractivity contribution >= 4 is 86.7 Å². The highest BCUT2D eigenvalue weighted by Crippen LogP contribution is 2.42. The van der Waals surface area contributed by atoms with Gasteiger partial charge in [-0.05, 0) is 125 Å². The zero-order chi connectivity index (χ0) is 63.5. The fourth-order valence-corrected chi connectivity index (χ4v) is 14.2. The largest absolute Gasteiger partial charge is 0.294 e. The van der Waals surface area contributed by atoms with Gasteiger partial charge in [-0.15, -0.1) is 0 Å². The quantitative estimate of drug-likeness (QED) is 0.144. The van der Waals surface area contributed by atoms with Crippen molar-refractivity contribution in [1.82, 2.24) is 29.1 Å². The smallest absolute Gasteiger partial charge is 0.162 e. The molecular formula is C90H58N6. The first-order valence-electron chi connectivity index (χ1n) is 32.6. The number of aromatic nitrogens is 6. The summed E-state index contributed by atoms with van der Waals surface area (Å²) >= 11 is 0. The van der Waals surface area contributed by atoms with Crippen molar-refractivity contribution in [2.75, 3.05) is 0 Å². The van der Waals surface area contributed by atoms with Crippen molar-refractivity contribution in [3.8, 4) is 90.3 Å². The van der Waals surface area contributed by atoms with Gasteiger partial charge in [0.2, 0.25) is 0 Å². The van der Waals surface area contributed by atoms with E-state index in [9.17, 15) is 0 Å². The van der Waals surface area contributed by atoms with E-state index in [0.29, 0.717) is 11.6 Å². The summed E-state index contributed by atoms with van der Waals surface area (Å²) in [5.74, 6) is 3.10. The lowest BCUT2D eigenvalue weighted by molar-refractivity contribution is 1.05. The molecule has 0 amide bonds. The first-order valence-corrected chi connectivity index (χ1v) is 32.6. The van der Waals surface area contributed by atoms with Crippen LogP contribution >= 0.6 is 0 Å². The summed E-state index contributed by atoms with van der Waals surface area (Å²) in [7, 11) is 0. The van der Waals surface area contributed by atoms with E-state index < -0.39 is 0 Å². The molecule has 0 fully saturated rings. The third-order valence-corrected chi connectivity index (χ3v) is 18.8. The fraction of sp³-hybridized carbons (Fsp3) is 0. The topological polar surface area (TPSA) is 61.4 Å². The third-order valence-electron chi connectivity index (χ3n) is 18.8. The van der Waals surface area contributed by atoms with Crippen LogP contribution in [0.3, 0.4) is 0 Å². The summed E-state index contributed by atoms with van der Waals surface area (Å²) in [5.41, 5.74) is 17.7. The minimum atomic E-state index is 0.702. The molecule has 0 aliphatic heterocycles. The Morgan fingerprint density at radius 3 is 1.12 bits per heavy atom. The number of hydrogen-bond acceptors (Lipinski definition) is 4. The van der Waals surface area contributed by atoms with Gasteiger partial charge < -0.3 is 0 Å². The van der Waals surface area contributed by atoms with Crippen LogP contribution in [-0.4, -0.2) is 29.1 Å². The van der Waals surface area contributed by atoms with Gasteiger partial charge >= 0.3 is 0 Å². The molecule has 0 bridgehead atoms. The minimum Gasteiger partial charge on any atom is -0.294 e. The molecular weight excluding hydrogens is 1170 g/mol. The van der Waals surface area contributed by atoms with Gasteiger partial charge in [-0.3, -0.25) is 9.13 Å². The first kappa shape index (κ1) is 55.9. The second-order valence-electron chi connectivity index (χ2n) is 24.5. The van der Waals surface area contributed by atoms with Gasteiger partial charge in [-0.25, -0.2) is 19.9 Å². The van der Waals surface area contributed by atoms with E-state index in [4.69, 9.17) is 19.9 Å². The van der Waals surface area contributed by atoms with Gasteiger partial charge in [0, 0.05) is 55.9 Å². The molecule has 0 aliphatic rings. The van der Waals surface area contributed by atoms with Crippen LogP contribution in [-0.2, 0) is 0 Å². The summed E-state index contributed by atoms with van der Waals surface area (Å²) in [4.78, 5) is 20.5. The maximum absolute atomic E-state index is 5.22. The average Bonchev–Trinajstić information content (AvgIpc) is 1.58. The lowest BCUT2D eigenvalue weighted by atomic mass is 9.95. The van der Waals surface area contributed by atoms with Crippen LogP contribution in [0, 0.1) is 0 Å². The van der Waals surface area contributed by atoms with Crippen LogP contribution in [0.25, 0.3) is 177 Å². The number of rotatable bonds is 9. The Labute approximate surface area is 554 Å². The molecule has 4 aromatic heterocycles. The molecule has 19 aromatic rings. The Hall–Kier alpha value is -12.9. The van der Waals surface area contributed by atoms with Crippen molar-refractivity contribution in [3.63, 3.8) is 0 Å².